The minimum absolute atomic E-state index is 0.181. The molecular formula is C17H19NO2. The Morgan fingerprint density at radius 2 is 1.90 bits per heavy atom. The molecule has 20 heavy (non-hydrogen) atoms. The summed E-state index contributed by atoms with van der Waals surface area (Å²) in [5.74, 6) is -0.625. The van der Waals surface area contributed by atoms with Gasteiger partial charge in [0.2, 0.25) is 0 Å². The molecule has 1 fully saturated rings. The molecule has 3 atom stereocenters. The first-order chi connectivity index (χ1) is 9.58. The Labute approximate surface area is 118 Å². The van der Waals surface area contributed by atoms with Crippen molar-refractivity contribution in [2.24, 2.45) is 11.8 Å². The molecule has 1 aliphatic rings. The first kappa shape index (κ1) is 13.1. The second-order valence-corrected chi connectivity index (χ2v) is 5.86. The van der Waals surface area contributed by atoms with E-state index in [1.54, 1.807) is 0 Å². The molecule has 0 bridgehead atoms. The molecule has 1 N–H and O–H groups in total. The van der Waals surface area contributed by atoms with Crippen LogP contribution in [0.15, 0.2) is 42.5 Å². The second kappa shape index (κ2) is 4.91. The lowest BCUT2D eigenvalue weighted by atomic mass is 9.97. The lowest BCUT2D eigenvalue weighted by Gasteiger charge is -2.25. The smallest absolute Gasteiger partial charge is 0.306 e. The number of aliphatic carboxylic acids is 1. The summed E-state index contributed by atoms with van der Waals surface area (Å²) in [4.78, 5) is 13.3. The Morgan fingerprint density at radius 1 is 1.20 bits per heavy atom. The lowest BCUT2D eigenvalue weighted by molar-refractivity contribution is -0.139. The zero-order valence-corrected chi connectivity index (χ0v) is 11.8. The summed E-state index contributed by atoms with van der Waals surface area (Å²) < 4.78 is 0. The third-order valence-electron chi connectivity index (χ3n) is 4.23. The highest BCUT2D eigenvalue weighted by molar-refractivity contribution is 5.83. The van der Waals surface area contributed by atoms with E-state index in [4.69, 9.17) is 5.11 Å². The first-order valence-corrected chi connectivity index (χ1v) is 6.96. The van der Waals surface area contributed by atoms with Crippen molar-refractivity contribution in [1.82, 2.24) is 4.90 Å². The summed E-state index contributed by atoms with van der Waals surface area (Å²) in [5, 5.41) is 11.6. The van der Waals surface area contributed by atoms with Crippen molar-refractivity contribution < 1.29 is 9.90 Å². The number of carboxylic acid groups (broad SMARTS) is 1. The number of benzene rings is 2. The quantitative estimate of drug-likeness (QED) is 0.927. The van der Waals surface area contributed by atoms with E-state index in [1.807, 2.05) is 26.2 Å². The summed E-state index contributed by atoms with van der Waals surface area (Å²) in [6, 6.07) is 14.9. The van der Waals surface area contributed by atoms with Crippen LogP contribution in [0.5, 0.6) is 0 Å². The highest BCUT2D eigenvalue weighted by Gasteiger charge is 2.49. The maximum Gasteiger partial charge on any atom is 0.306 e. The molecule has 0 saturated heterocycles. The van der Waals surface area contributed by atoms with Crippen LogP contribution in [0.4, 0.5) is 0 Å². The van der Waals surface area contributed by atoms with Crippen LogP contribution in [-0.2, 0) is 4.79 Å². The molecule has 0 aromatic heterocycles. The van der Waals surface area contributed by atoms with Gasteiger partial charge in [-0.15, -0.1) is 0 Å². The van der Waals surface area contributed by atoms with Crippen molar-refractivity contribution in [2.45, 2.75) is 12.5 Å². The van der Waals surface area contributed by atoms with Gasteiger partial charge in [0.15, 0.2) is 0 Å². The van der Waals surface area contributed by atoms with Crippen molar-refractivity contribution in [2.75, 3.05) is 14.1 Å². The molecular weight excluding hydrogens is 250 g/mol. The molecule has 3 unspecified atom stereocenters. The number of rotatable bonds is 4. The van der Waals surface area contributed by atoms with Crippen LogP contribution in [0.25, 0.3) is 10.8 Å². The average Bonchev–Trinajstić information content (AvgIpc) is 3.19. The summed E-state index contributed by atoms with van der Waals surface area (Å²) in [6.45, 7) is 0. The summed E-state index contributed by atoms with van der Waals surface area (Å²) >= 11 is 0. The van der Waals surface area contributed by atoms with Crippen molar-refractivity contribution in [3.63, 3.8) is 0 Å². The monoisotopic (exact) mass is 269 g/mol. The van der Waals surface area contributed by atoms with Crippen molar-refractivity contribution >= 4 is 16.7 Å². The van der Waals surface area contributed by atoms with Crippen LogP contribution in [0.2, 0.25) is 0 Å². The van der Waals surface area contributed by atoms with Crippen LogP contribution in [-0.4, -0.2) is 30.1 Å². The molecule has 2 aromatic rings. The fraction of sp³-hybridized carbons (Fsp3) is 0.353. The van der Waals surface area contributed by atoms with E-state index < -0.39 is 5.97 Å². The molecule has 1 aliphatic carbocycles. The SMILES string of the molecule is CN(C)C(c1ccc2ccccc2c1)C1CC1C(=O)O. The first-order valence-electron chi connectivity index (χ1n) is 6.96. The van der Waals surface area contributed by atoms with Crippen LogP contribution in [0, 0.1) is 11.8 Å². The maximum absolute atomic E-state index is 11.1. The Bertz CT molecular complexity index is 650. The summed E-state index contributed by atoms with van der Waals surface area (Å²) in [5.41, 5.74) is 1.21. The number of nitrogens with zero attached hydrogens (tertiary/aromatic N) is 1. The van der Waals surface area contributed by atoms with Gasteiger partial charge in [0.1, 0.15) is 0 Å². The molecule has 3 heteroatoms. The Kier molecular flexibility index (Phi) is 3.22. The number of carboxylic acids is 1. The van der Waals surface area contributed by atoms with Gasteiger partial charge in [0.05, 0.1) is 5.92 Å². The molecule has 2 aromatic carbocycles. The van der Waals surface area contributed by atoms with Crippen molar-refractivity contribution in [1.29, 1.82) is 0 Å². The highest BCUT2D eigenvalue weighted by Crippen LogP contribution is 2.49. The molecule has 1 saturated carbocycles. The van der Waals surface area contributed by atoms with Gasteiger partial charge in [-0.25, -0.2) is 0 Å². The van der Waals surface area contributed by atoms with Crippen LogP contribution in [0.3, 0.4) is 0 Å². The van der Waals surface area contributed by atoms with E-state index in [0.717, 1.165) is 6.42 Å². The van der Waals surface area contributed by atoms with E-state index in [2.05, 4.69) is 35.2 Å². The van der Waals surface area contributed by atoms with E-state index in [0.29, 0.717) is 0 Å². The number of carbonyl (C=O) groups is 1. The fourth-order valence-corrected chi connectivity index (χ4v) is 3.17. The summed E-state index contributed by atoms with van der Waals surface area (Å²) in [7, 11) is 4.05. The molecule has 0 heterocycles. The zero-order chi connectivity index (χ0) is 14.3. The number of fused-ring (bicyclic) bond motifs is 1. The number of hydrogen-bond acceptors (Lipinski definition) is 2. The Hall–Kier alpha value is -1.87. The van der Waals surface area contributed by atoms with E-state index in [1.165, 1.54) is 16.3 Å². The number of hydrogen-bond donors (Lipinski definition) is 1. The van der Waals surface area contributed by atoms with Crippen LogP contribution in [0.1, 0.15) is 18.0 Å². The van der Waals surface area contributed by atoms with Crippen LogP contribution >= 0.6 is 0 Å². The molecule has 3 rings (SSSR count). The van der Waals surface area contributed by atoms with Crippen molar-refractivity contribution in [3.8, 4) is 0 Å². The molecule has 3 nitrogen and oxygen atoms in total. The van der Waals surface area contributed by atoms with Gasteiger partial charge in [0.25, 0.3) is 0 Å². The minimum Gasteiger partial charge on any atom is -0.481 e. The molecule has 0 spiro atoms. The molecule has 0 radical (unpaired) electrons. The van der Waals surface area contributed by atoms with Gasteiger partial charge in [-0.05, 0) is 48.8 Å². The van der Waals surface area contributed by atoms with Gasteiger partial charge < -0.3 is 10.0 Å². The van der Waals surface area contributed by atoms with Crippen molar-refractivity contribution in [3.05, 3.63) is 48.0 Å². The maximum atomic E-state index is 11.1. The van der Waals surface area contributed by atoms with E-state index >= 15 is 0 Å². The lowest BCUT2D eigenvalue weighted by Crippen LogP contribution is -2.23. The van der Waals surface area contributed by atoms with Gasteiger partial charge in [0, 0.05) is 6.04 Å². The molecule has 104 valence electrons. The minimum atomic E-state index is -0.664. The van der Waals surface area contributed by atoms with E-state index in [9.17, 15) is 4.79 Å². The normalized spacial score (nSPS) is 22.9. The van der Waals surface area contributed by atoms with Gasteiger partial charge in [-0.3, -0.25) is 4.79 Å². The molecule has 0 aliphatic heterocycles. The van der Waals surface area contributed by atoms with Gasteiger partial charge in [-0.1, -0.05) is 36.4 Å². The third kappa shape index (κ3) is 2.29. The Morgan fingerprint density at radius 3 is 2.50 bits per heavy atom. The van der Waals surface area contributed by atoms with Gasteiger partial charge >= 0.3 is 5.97 Å². The van der Waals surface area contributed by atoms with E-state index in [-0.39, 0.29) is 17.9 Å². The largest absolute Gasteiger partial charge is 0.481 e. The average molecular weight is 269 g/mol. The standard InChI is InChI=1S/C17H19NO2/c1-18(2)16(14-10-15(14)17(19)20)13-8-7-11-5-3-4-6-12(11)9-13/h3-9,14-16H,10H2,1-2H3,(H,19,20). The fourth-order valence-electron chi connectivity index (χ4n) is 3.17. The predicted octanol–water partition coefficient (Wildman–Crippen LogP) is 3.16. The highest BCUT2D eigenvalue weighted by atomic mass is 16.4. The molecule has 0 amide bonds. The topological polar surface area (TPSA) is 40.5 Å². The predicted molar refractivity (Wildman–Crippen MR) is 79.6 cm³/mol. The summed E-state index contributed by atoms with van der Waals surface area (Å²) in [6.07, 6.45) is 0.783. The third-order valence-corrected chi connectivity index (χ3v) is 4.23. The second-order valence-electron chi connectivity index (χ2n) is 5.86. The van der Waals surface area contributed by atoms with Crippen LogP contribution < -0.4 is 0 Å². The zero-order valence-electron chi connectivity index (χ0n) is 11.8. The Balaban J connectivity index is 1.96. The van der Waals surface area contributed by atoms with Gasteiger partial charge in [-0.2, -0.15) is 0 Å².